The Hall–Kier alpha value is -3.66. The van der Waals surface area contributed by atoms with Crippen LogP contribution in [0.3, 0.4) is 0 Å². The van der Waals surface area contributed by atoms with Crippen molar-refractivity contribution in [2.24, 2.45) is 0 Å². The van der Waals surface area contributed by atoms with Crippen molar-refractivity contribution in [2.75, 3.05) is 18.2 Å². The van der Waals surface area contributed by atoms with E-state index in [1.165, 1.54) is 30.0 Å². The number of benzene rings is 2. The molecule has 0 saturated heterocycles. The number of amides is 1. The predicted molar refractivity (Wildman–Crippen MR) is 118 cm³/mol. The van der Waals surface area contributed by atoms with Gasteiger partial charge in [-0.15, -0.1) is 16.8 Å². The number of non-ortho nitro benzene ring substituents is 1. The fourth-order valence-electron chi connectivity index (χ4n) is 2.82. The molecule has 160 valence electrons. The van der Waals surface area contributed by atoms with E-state index in [0.717, 1.165) is 17.1 Å². The maximum atomic E-state index is 12.3. The van der Waals surface area contributed by atoms with Crippen LogP contribution >= 0.6 is 11.8 Å². The van der Waals surface area contributed by atoms with Crippen LogP contribution in [0.4, 0.5) is 11.4 Å². The van der Waals surface area contributed by atoms with Crippen molar-refractivity contribution >= 4 is 29.0 Å². The van der Waals surface area contributed by atoms with Gasteiger partial charge in [0.2, 0.25) is 5.91 Å². The van der Waals surface area contributed by atoms with E-state index in [2.05, 4.69) is 22.1 Å². The maximum absolute atomic E-state index is 12.3. The SMILES string of the molecule is C=CCn1c(Cc2ccc(OC)cc2)nnc1SCC(=O)Nc1cccc([N+](=O)[O-])c1. The number of hydrogen-bond acceptors (Lipinski definition) is 7. The standard InChI is InChI=1S/C21H21N5O4S/c1-3-11-25-19(12-15-7-9-18(30-2)10-8-15)23-24-21(25)31-14-20(27)22-16-5-4-6-17(13-16)26(28)29/h3-10,13H,1,11-12,14H2,2H3,(H,22,27). The molecule has 0 radical (unpaired) electrons. The van der Waals surface area contributed by atoms with Gasteiger partial charge in [-0.1, -0.05) is 36.0 Å². The minimum absolute atomic E-state index is 0.0838. The number of carbonyl (C=O) groups is 1. The Morgan fingerprint density at radius 1 is 1.29 bits per heavy atom. The van der Waals surface area contributed by atoms with Gasteiger partial charge in [0.15, 0.2) is 5.16 Å². The zero-order valence-electron chi connectivity index (χ0n) is 16.9. The predicted octanol–water partition coefficient (Wildman–Crippen LogP) is 3.70. The molecule has 0 fully saturated rings. The lowest BCUT2D eigenvalue weighted by Crippen LogP contribution is -2.15. The summed E-state index contributed by atoms with van der Waals surface area (Å²) in [6.07, 6.45) is 2.32. The molecule has 0 bridgehead atoms. The molecule has 31 heavy (non-hydrogen) atoms. The number of ether oxygens (including phenoxy) is 1. The van der Waals surface area contributed by atoms with Gasteiger partial charge in [-0.05, 0) is 23.8 Å². The van der Waals surface area contributed by atoms with E-state index in [9.17, 15) is 14.9 Å². The number of thioether (sulfide) groups is 1. The lowest BCUT2D eigenvalue weighted by Gasteiger charge is -2.09. The minimum atomic E-state index is -0.507. The molecule has 1 heterocycles. The van der Waals surface area contributed by atoms with E-state index in [1.54, 1.807) is 19.3 Å². The quantitative estimate of drug-likeness (QED) is 0.222. The fraction of sp³-hybridized carbons (Fsp3) is 0.190. The summed E-state index contributed by atoms with van der Waals surface area (Å²) in [4.78, 5) is 22.7. The Labute approximate surface area is 183 Å². The number of anilines is 1. The van der Waals surface area contributed by atoms with Crippen molar-refractivity contribution < 1.29 is 14.5 Å². The Kier molecular flexibility index (Phi) is 7.39. The highest BCUT2D eigenvalue weighted by atomic mass is 32.2. The first-order valence-electron chi connectivity index (χ1n) is 9.33. The van der Waals surface area contributed by atoms with E-state index in [1.807, 2.05) is 28.8 Å². The third kappa shape index (κ3) is 5.92. The molecule has 0 saturated carbocycles. The maximum Gasteiger partial charge on any atom is 0.271 e. The lowest BCUT2D eigenvalue weighted by molar-refractivity contribution is -0.384. The smallest absolute Gasteiger partial charge is 0.271 e. The molecule has 3 aromatic rings. The first-order chi connectivity index (χ1) is 15.0. The van der Waals surface area contributed by atoms with Crippen molar-refractivity contribution in [3.63, 3.8) is 0 Å². The van der Waals surface area contributed by atoms with Crippen molar-refractivity contribution in [3.8, 4) is 5.75 Å². The molecule has 1 amide bonds. The van der Waals surface area contributed by atoms with Crippen LogP contribution in [-0.4, -0.2) is 38.5 Å². The van der Waals surface area contributed by atoms with Gasteiger partial charge in [-0.3, -0.25) is 14.9 Å². The number of nitro groups is 1. The Morgan fingerprint density at radius 3 is 2.74 bits per heavy atom. The molecule has 0 aliphatic rings. The van der Waals surface area contributed by atoms with Crippen molar-refractivity contribution in [1.29, 1.82) is 0 Å². The van der Waals surface area contributed by atoms with Crippen molar-refractivity contribution in [1.82, 2.24) is 14.8 Å². The van der Waals surface area contributed by atoms with Crippen LogP contribution in [0.25, 0.3) is 0 Å². The number of hydrogen-bond donors (Lipinski definition) is 1. The summed E-state index contributed by atoms with van der Waals surface area (Å²) in [6, 6.07) is 13.5. The van der Waals surface area contributed by atoms with Gasteiger partial charge in [0.1, 0.15) is 11.6 Å². The number of allylic oxidation sites excluding steroid dienone is 1. The molecule has 1 N–H and O–H groups in total. The molecule has 9 nitrogen and oxygen atoms in total. The van der Waals surface area contributed by atoms with Gasteiger partial charge in [0.25, 0.3) is 5.69 Å². The Morgan fingerprint density at radius 2 is 2.06 bits per heavy atom. The molecule has 1 aromatic heterocycles. The number of rotatable bonds is 10. The average molecular weight is 439 g/mol. The van der Waals surface area contributed by atoms with Crippen LogP contribution in [-0.2, 0) is 17.8 Å². The first-order valence-corrected chi connectivity index (χ1v) is 10.3. The molecular weight excluding hydrogens is 418 g/mol. The number of methoxy groups -OCH3 is 1. The highest BCUT2D eigenvalue weighted by Crippen LogP contribution is 2.21. The average Bonchev–Trinajstić information content (AvgIpc) is 3.14. The van der Waals surface area contributed by atoms with Crippen LogP contribution < -0.4 is 10.1 Å². The van der Waals surface area contributed by atoms with Crippen molar-refractivity contribution in [3.05, 3.63) is 82.7 Å². The zero-order valence-corrected chi connectivity index (χ0v) is 17.7. The van der Waals surface area contributed by atoms with Gasteiger partial charge < -0.3 is 14.6 Å². The summed E-state index contributed by atoms with van der Waals surface area (Å²) < 4.78 is 7.09. The van der Waals surface area contributed by atoms with E-state index >= 15 is 0 Å². The van der Waals surface area contributed by atoms with E-state index in [4.69, 9.17) is 4.74 Å². The molecule has 0 aliphatic carbocycles. The lowest BCUT2D eigenvalue weighted by atomic mass is 10.1. The summed E-state index contributed by atoms with van der Waals surface area (Å²) >= 11 is 1.24. The molecule has 0 aliphatic heterocycles. The monoisotopic (exact) mass is 439 g/mol. The van der Waals surface area contributed by atoms with Gasteiger partial charge in [-0.2, -0.15) is 0 Å². The fourth-order valence-corrected chi connectivity index (χ4v) is 3.59. The third-order valence-corrected chi connectivity index (χ3v) is 5.27. The number of nitro benzene ring substituents is 1. The topological polar surface area (TPSA) is 112 Å². The molecule has 0 atom stereocenters. The van der Waals surface area contributed by atoms with Gasteiger partial charge >= 0.3 is 0 Å². The van der Waals surface area contributed by atoms with Crippen LogP contribution in [0.5, 0.6) is 5.75 Å². The van der Waals surface area contributed by atoms with E-state index in [-0.39, 0.29) is 17.3 Å². The van der Waals surface area contributed by atoms with Crippen molar-refractivity contribution in [2.45, 2.75) is 18.1 Å². The van der Waals surface area contributed by atoms with Gasteiger partial charge in [-0.25, -0.2) is 0 Å². The molecule has 3 rings (SSSR count). The summed E-state index contributed by atoms with van der Waals surface area (Å²) in [5, 5.41) is 22.6. The number of nitrogens with zero attached hydrogens (tertiary/aromatic N) is 4. The summed E-state index contributed by atoms with van der Waals surface area (Å²) in [5.41, 5.74) is 1.34. The number of nitrogens with one attached hydrogen (secondary N) is 1. The molecule has 0 spiro atoms. The largest absolute Gasteiger partial charge is 0.497 e. The minimum Gasteiger partial charge on any atom is -0.497 e. The van der Waals surface area contributed by atoms with Crippen LogP contribution in [0.2, 0.25) is 0 Å². The number of aromatic nitrogens is 3. The third-order valence-electron chi connectivity index (χ3n) is 4.30. The molecule has 0 unspecified atom stereocenters. The Bertz CT molecular complexity index is 1080. The van der Waals surface area contributed by atoms with Crippen LogP contribution in [0, 0.1) is 10.1 Å². The normalized spacial score (nSPS) is 10.5. The second kappa shape index (κ2) is 10.4. The summed E-state index contributed by atoms with van der Waals surface area (Å²) in [7, 11) is 1.62. The van der Waals surface area contributed by atoms with Crippen LogP contribution in [0.15, 0.2) is 66.3 Å². The van der Waals surface area contributed by atoms with Gasteiger partial charge in [0, 0.05) is 30.8 Å². The Balaban J connectivity index is 1.65. The summed E-state index contributed by atoms with van der Waals surface area (Å²) in [6.45, 7) is 4.29. The van der Waals surface area contributed by atoms with E-state index in [0.29, 0.717) is 23.8 Å². The second-order valence-electron chi connectivity index (χ2n) is 6.47. The summed E-state index contributed by atoms with van der Waals surface area (Å²) in [5.74, 6) is 1.32. The number of carbonyl (C=O) groups excluding carboxylic acids is 1. The molecular formula is C21H21N5O4S. The second-order valence-corrected chi connectivity index (χ2v) is 7.41. The molecule has 10 heteroatoms. The molecule has 2 aromatic carbocycles. The highest BCUT2D eigenvalue weighted by Gasteiger charge is 2.15. The van der Waals surface area contributed by atoms with E-state index < -0.39 is 4.92 Å². The highest BCUT2D eigenvalue weighted by molar-refractivity contribution is 7.99. The first kappa shape index (κ1) is 22.0. The zero-order chi connectivity index (χ0) is 22.2. The van der Waals surface area contributed by atoms with Gasteiger partial charge in [0.05, 0.1) is 17.8 Å². The van der Waals surface area contributed by atoms with Crippen LogP contribution in [0.1, 0.15) is 11.4 Å².